The first-order valence-corrected chi connectivity index (χ1v) is 8.59. The second kappa shape index (κ2) is 6.75. The predicted octanol–water partition coefficient (Wildman–Crippen LogP) is 1.92. The maximum Gasteiger partial charge on any atom is 0.414 e. The number of nitrogens with one attached hydrogen (secondary N) is 1. The molecule has 2 aliphatic heterocycles. The van der Waals surface area contributed by atoms with Crippen molar-refractivity contribution >= 4 is 29.2 Å². The summed E-state index contributed by atoms with van der Waals surface area (Å²) in [6.45, 7) is 2.75. The van der Waals surface area contributed by atoms with Crippen LogP contribution < -0.4 is 15.1 Å². The number of thioether (sulfide) groups is 1. The molecule has 0 aliphatic carbocycles. The molecule has 1 amide bonds. The SMILES string of the molecule is CNCC1CN(c2ccc(N3CCSCC3)c(F)c2)C(=O)O1. The molecule has 2 fully saturated rings. The van der Waals surface area contributed by atoms with E-state index in [4.69, 9.17) is 4.74 Å². The summed E-state index contributed by atoms with van der Waals surface area (Å²) < 4.78 is 19.7. The molecule has 120 valence electrons. The first-order chi connectivity index (χ1) is 10.7. The summed E-state index contributed by atoms with van der Waals surface area (Å²) in [7, 11) is 1.81. The van der Waals surface area contributed by atoms with Crippen molar-refractivity contribution in [1.29, 1.82) is 0 Å². The number of nitrogens with zero attached hydrogens (tertiary/aromatic N) is 2. The van der Waals surface area contributed by atoms with Gasteiger partial charge in [0, 0.05) is 31.1 Å². The zero-order chi connectivity index (χ0) is 15.5. The number of ether oxygens (including phenoxy) is 1. The van der Waals surface area contributed by atoms with Gasteiger partial charge in [-0.15, -0.1) is 0 Å². The summed E-state index contributed by atoms with van der Waals surface area (Å²) in [6, 6.07) is 4.99. The molecule has 22 heavy (non-hydrogen) atoms. The summed E-state index contributed by atoms with van der Waals surface area (Å²) in [4.78, 5) is 15.4. The van der Waals surface area contributed by atoms with Crippen LogP contribution in [0.25, 0.3) is 0 Å². The maximum atomic E-state index is 14.4. The fourth-order valence-corrected chi connectivity index (χ4v) is 3.69. The van der Waals surface area contributed by atoms with E-state index in [1.54, 1.807) is 12.1 Å². The molecule has 7 heteroatoms. The highest BCUT2D eigenvalue weighted by Crippen LogP contribution is 2.29. The van der Waals surface area contributed by atoms with Gasteiger partial charge < -0.3 is 15.0 Å². The molecule has 0 bridgehead atoms. The van der Waals surface area contributed by atoms with Crippen LogP contribution in [0, 0.1) is 5.82 Å². The van der Waals surface area contributed by atoms with E-state index in [-0.39, 0.29) is 11.9 Å². The third-order valence-corrected chi connectivity index (χ3v) is 4.84. The van der Waals surface area contributed by atoms with Crippen LogP contribution in [0.4, 0.5) is 20.6 Å². The summed E-state index contributed by atoms with van der Waals surface area (Å²) in [5.41, 5.74) is 1.17. The Bertz CT molecular complexity index is 552. The summed E-state index contributed by atoms with van der Waals surface area (Å²) >= 11 is 1.89. The number of cyclic esters (lactones) is 1. The van der Waals surface area contributed by atoms with Crippen LogP contribution in [0.2, 0.25) is 0 Å². The number of anilines is 2. The average Bonchev–Trinajstić information content (AvgIpc) is 2.89. The predicted molar refractivity (Wildman–Crippen MR) is 87.5 cm³/mol. The Kier molecular flexibility index (Phi) is 4.73. The molecular weight excluding hydrogens is 305 g/mol. The van der Waals surface area contributed by atoms with Crippen molar-refractivity contribution in [2.24, 2.45) is 0 Å². The van der Waals surface area contributed by atoms with Crippen LogP contribution in [-0.4, -0.2) is 56.9 Å². The van der Waals surface area contributed by atoms with Gasteiger partial charge in [-0.2, -0.15) is 11.8 Å². The zero-order valence-electron chi connectivity index (χ0n) is 12.5. The first-order valence-electron chi connectivity index (χ1n) is 7.44. The van der Waals surface area contributed by atoms with Crippen LogP contribution in [0.3, 0.4) is 0 Å². The molecule has 1 N–H and O–H groups in total. The average molecular weight is 325 g/mol. The molecule has 1 unspecified atom stereocenters. The van der Waals surface area contributed by atoms with E-state index in [2.05, 4.69) is 10.2 Å². The van der Waals surface area contributed by atoms with Gasteiger partial charge >= 0.3 is 6.09 Å². The number of carbonyl (C=O) groups excluding carboxylic acids is 1. The highest BCUT2D eigenvalue weighted by atomic mass is 32.2. The first kappa shape index (κ1) is 15.4. The normalized spacial score (nSPS) is 22.1. The van der Waals surface area contributed by atoms with Gasteiger partial charge in [0.2, 0.25) is 0 Å². The molecule has 0 aromatic heterocycles. The summed E-state index contributed by atoms with van der Waals surface area (Å²) in [5.74, 6) is 1.76. The van der Waals surface area contributed by atoms with Crippen molar-refractivity contribution in [3.63, 3.8) is 0 Å². The number of carbonyl (C=O) groups is 1. The third-order valence-electron chi connectivity index (χ3n) is 3.90. The largest absolute Gasteiger partial charge is 0.443 e. The molecule has 2 heterocycles. The van der Waals surface area contributed by atoms with Gasteiger partial charge in [-0.25, -0.2) is 9.18 Å². The maximum absolute atomic E-state index is 14.4. The molecule has 1 aromatic rings. The Labute approximate surface area is 133 Å². The number of likely N-dealkylation sites (N-methyl/N-ethyl adjacent to an activating group) is 1. The van der Waals surface area contributed by atoms with Crippen molar-refractivity contribution in [3.8, 4) is 0 Å². The zero-order valence-corrected chi connectivity index (χ0v) is 13.4. The number of hydrogen-bond donors (Lipinski definition) is 1. The summed E-state index contributed by atoms with van der Waals surface area (Å²) in [6.07, 6.45) is -0.610. The lowest BCUT2D eigenvalue weighted by atomic mass is 10.2. The minimum atomic E-state index is -0.415. The van der Waals surface area contributed by atoms with Crippen molar-refractivity contribution in [1.82, 2.24) is 5.32 Å². The van der Waals surface area contributed by atoms with Gasteiger partial charge in [0.1, 0.15) is 11.9 Å². The molecule has 1 atom stereocenters. The Morgan fingerprint density at radius 3 is 2.86 bits per heavy atom. The van der Waals surface area contributed by atoms with E-state index in [0.29, 0.717) is 24.5 Å². The molecule has 0 radical (unpaired) electrons. The van der Waals surface area contributed by atoms with Gasteiger partial charge in [-0.1, -0.05) is 0 Å². The van der Waals surface area contributed by atoms with Crippen LogP contribution in [-0.2, 0) is 4.74 Å². The lowest BCUT2D eigenvalue weighted by molar-refractivity contribution is 0.141. The van der Waals surface area contributed by atoms with Crippen LogP contribution in [0.15, 0.2) is 18.2 Å². The quantitative estimate of drug-likeness (QED) is 0.916. The Hall–Kier alpha value is -1.47. The number of benzene rings is 1. The molecule has 5 nitrogen and oxygen atoms in total. The van der Waals surface area contributed by atoms with E-state index in [1.165, 1.54) is 11.0 Å². The lowest BCUT2D eigenvalue weighted by Gasteiger charge is -2.29. The van der Waals surface area contributed by atoms with Crippen LogP contribution in [0.5, 0.6) is 0 Å². The second-order valence-corrected chi connectivity index (χ2v) is 6.63. The van der Waals surface area contributed by atoms with E-state index >= 15 is 0 Å². The summed E-state index contributed by atoms with van der Waals surface area (Å²) in [5, 5.41) is 2.98. The molecule has 1 aromatic carbocycles. The highest BCUT2D eigenvalue weighted by molar-refractivity contribution is 7.99. The van der Waals surface area contributed by atoms with Crippen molar-refractivity contribution in [3.05, 3.63) is 24.0 Å². The molecular formula is C15H20FN3O2S. The number of hydrogen-bond acceptors (Lipinski definition) is 5. The number of rotatable bonds is 4. The van der Waals surface area contributed by atoms with Gasteiger partial charge in [0.15, 0.2) is 0 Å². The minimum absolute atomic E-state index is 0.195. The molecule has 0 spiro atoms. The van der Waals surface area contributed by atoms with Gasteiger partial charge in [0.05, 0.1) is 17.9 Å². The van der Waals surface area contributed by atoms with Crippen molar-refractivity contribution < 1.29 is 13.9 Å². The molecule has 2 aliphatic rings. The lowest BCUT2D eigenvalue weighted by Crippen LogP contribution is -2.33. The van der Waals surface area contributed by atoms with Crippen LogP contribution >= 0.6 is 11.8 Å². The van der Waals surface area contributed by atoms with E-state index < -0.39 is 6.09 Å². The monoisotopic (exact) mass is 325 g/mol. The Balaban J connectivity index is 1.75. The molecule has 2 saturated heterocycles. The third kappa shape index (κ3) is 3.15. The fourth-order valence-electron chi connectivity index (χ4n) is 2.79. The highest BCUT2D eigenvalue weighted by Gasteiger charge is 2.32. The van der Waals surface area contributed by atoms with E-state index in [9.17, 15) is 9.18 Å². The van der Waals surface area contributed by atoms with Crippen LogP contribution in [0.1, 0.15) is 0 Å². The number of amides is 1. The topological polar surface area (TPSA) is 44.8 Å². The second-order valence-electron chi connectivity index (χ2n) is 5.41. The van der Waals surface area contributed by atoms with Gasteiger partial charge in [-0.3, -0.25) is 4.90 Å². The Morgan fingerprint density at radius 1 is 1.41 bits per heavy atom. The molecule has 3 rings (SSSR count). The fraction of sp³-hybridized carbons (Fsp3) is 0.533. The standard InChI is InChI=1S/C15H20FN3O2S/c1-17-9-12-10-19(15(20)21-12)11-2-3-14(13(16)8-11)18-4-6-22-7-5-18/h2-3,8,12,17H,4-7,9-10H2,1H3. The van der Waals surface area contributed by atoms with Gasteiger partial charge in [0.25, 0.3) is 0 Å². The minimum Gasteiger partial charge on any atom is -0.443 e. The number of halogens is 1. The molecule has 0 saturated carbocycles. The van der Waals surface area contributed by atoms with E-state index in [1.807, 2.05) is 18.8 Å². The van der Waals surface area contributed by atoms with E-state index in [0.717, 1.165) is 24.6 Å². The van der Waals surface area contributed by atoms with Gasteiger partial charge in [-0.05, 0) is 25.2 Å². The Morgan fingerprint density at radius 2 is 2.18 bits per heavy atom. The van der Waals surface area contributed by atoms with Crippen molar-refractivity contribution in [2.45, 2.75) is 6.10 Å². The van der Waals surface area contributed by atoms with Crippen molar-refractivity contribution in [2.75, 3.05) is 54.5 Å². The smallest absolute Gasteiger partial charge is 0.414 e.